The average Bonchev–Trinajstić information content (AvgIpc) is 3.01. The first kappa shape index (κ1) is 34.8. The molecule has 0 heterocycles. The second-order valence-corrected chi connectivity index (χ2v) is 11.7. The summed E-state index contributed by atoms with van der Waals surface area (Å²) in [4.78, 5) is 50.1. The molecule has 4 aromatic carbocycles. The first-order chi connectivity index (χ1) is 22.3. The van der Waals surface area contributed by atoms with E-state index in [1.54, 1.807) is 54.6 Å². The number of ketones is 2. The minimum Gasteiger partial charge on any atom is -0.324 e. The number of carbonyl (C=O) groups excluding carboxylic acids is 4. The largest absolute Gasteiger partial charge is 0.324 e. The summed E-state index contributed by atoms with van der Waals surface area (Å²) in [6, 6.07) is 20.0. The number of benzene rings is 4. The molecule has 2 amide bonds. The molecule has 0 bridgehead atoms. The Labute approximate surface area is 282 Å². The van der Waals surface area contributed by atoms with E-state index < -0.39 is 35.5 Å². The molecule has 0 aromatic heterocycles. The van der Waals surface area contributed by atoms with Crippen LogP contribution in [0.15, 0.2) is 99.3 Å². The minimum absolute atomic E-state index is 0.229. The van der Waals surface area contributed by atoms with Gasteiger partial charge in [-0.25, -0.2) is 0 Å². The van der Waals surface area contributed by atoms with Crippen molar-refractivity contribution in [3.05, 3.63) is 106 Å². The maximum atomic E-state index is 12.9. The Bertz CT molecular complexity index is 1920. The number of amides is 2. The van der Waals surface area contributed by atoms with Crippen LogP contribution in [0, 0.1) is 20.8 Å². The van der Waals surface area contributed by atoms with E-state index in [1.807, 2.05) is 45.0 Å². The predicted molar refractivity (Wildman–Crippen MR) is 184 cm³/mol. The van der Waals surface area contributed by atoms with Crippen LogP contribution in [-0.2, 0) is 19.2 Å². The minimum atomic E-state index is -1.36. The zero-order valence-corrected chi connectivity index (χ0v) is 27.8. The monoisotopic (exact) mass is 670 g/mol. The quantitative estimate of drug-likeness (QED) is 0.121. The van der Waals surface area contributed by atoms with Crippen molar-refractivity contribution >= 4 is 69.3 Å². The highest BCUT2D eigenvalue weighted by atomic mass is 35.5. The van der Waals surface area contributed by atoms with Crippen molar-refractivity contribution in [2.24, 2.45) is 20.5 Å². The van der Waals surface area contributed by atoms with E-state index in [2.05, 4.69) is 31.1 Å². The number of nitrogens with one attached hydrogen (secondary N) is 2. The van der Waals surface area contributed by atoms with Gasteiger partial charge in [0.2, 0.25) is 12.1 Å². The second kappa shape index (κ2) is 15.5. The number of Topliss-reactive ketones (excluding diaryl/α,β-unsaturated/α-hetero) is 2. The van der Waals surface area contributed by atoms with Gasteiger partial charge in [-0.05, 0) is 93.3 Å². The third kappa shape index (κ3) is 9.02. The second-order valence-electron chi connectivity index (χ2n) is 10.9. The maximum absolute atomic E-state index is 12.9. The Hall–Kier alpha value is -5.06. The van der Waals surface area contributed by atoms with E-state index in [1.165, 1.54) is 13.8 Å². The van der Waals surface area contributed by atoms with Crippen LogP contribution < -0.4 is 10.6 Å². The van der Waals surface area contributed by atoms with Crippen molar-refractivity contribution in [1.82, 2.24) is 0 Å². The van der Waals surface area contributed by atoms with Crippen LogP contribution in [0.25, 0.3) is 11.1 Å². The van der Waals surface area contributed by atoms with Gasteiger partial charge in [-0.3, -0.25) is 19.2 Å². The van der Waals surface area contributed by atoms with Gasteiger partial charge in [0.25, 0.3) is 11.8 Å². The summed E-state index contributed by atoms with van der Waals surface area (Å²) in [6.07, 6.45) is 0. The number of para-hydroxylation sites is 1. The zero-order valence-electron chi connectivity index (χ0n) is 26.3. The number of rotatable bonds is 11. The fourth-order valence-electron chi connectivity index (χ4n) is 4.48. The molecule has 10 nitrogen and oxygen atoms in total. The standard InChI is InChI=1S/C35H32Cl2N6O4/c1-19-10-13-29(21(3)16-19)39-35(47)33(23(5)45)43-41-31-15-12-25(18-27(31)37)24-11-14-30(26(36)17-24)40-42-32(22(4)44)34(46)38-28-9-7-6-8-20(28)2/h6-18,32-33H,1-5H3,(H,38,46)(H,39,47)/b42-40+,43-41+. The van der Waals surface area contributed by atoms with Gasteiger partial charge < -0.3 is 10.6 Å². The smallest absolute Gasteiger partial charge is 0.258 e. The normalized spacial score (nSPS) is 12.6. The third-order valence-corrected chi connectivity index (χ3v) is 7.71. The number of aryl methyl sites for hydroxylation is 3. The molecule has 0 fully saturated rings. The predicted octanol–water partition coefficient (Wildman–Crippen LogP) is 8.95. The SMILES string of the molecule is CC(=O)C(/N=N/c1ccc(-c2ccc(/N=N/C(C(C)=O)C(=O)Nc3ccc(C)cc3C)c(Cl)c2)cc1Cl)C(=O)Nc1ccccc1C. The van der Waals surface area contributed by atoms with Gasteiger partial charge in [0.05, 0.1) is 10.0 Å². The average molecular weight is 672 g/mol. The van der Waals surface area contributed by atoms with Gasteiger partial charge in [-0.1, -0.05) is 71.2 Å². The molecule has 12 heteroatoms. The van der Waals surface area contributed by atoms with Crippen LogP contribution in [0.2, 0.25) is 10.0 Å². The molecule has 0 spiro atoms. The van der Waals surface area contributed by atoms with Gasteiger partial charge in [-0.15, -0.1) is 0 Å². The van der Waals surface area contributed by atoms with Crippen molar-refractivity contribution in [2.75, 3.05) is 10.6 Å². The highest BCUT2D eigenvalue weighted by Crippen LogP contribution is 2.35. The molecule has 0 aliphatic carbocycles. The van der Waals surface area contributed by atoms with E-state index in [0.717, 1.165) is 16.7 Å². The zero-order chi connectivity index (χ0) is 34.2. The number of hydrogen-bond acceptors (Lipinski definition) is 8. The Kier molecular flexibility index (Phi) is 11.5. The molecule has 240 valence electrons. The van der Waals surface area contributed by atoms with Gasteiger partial charge in [0.15, 0.2) is 11.6 Å². The summed E-state index contributed by atoms with van der Waals surface area (Å²) < 4.78 is 0. The van der Waals surface area contributed by atoms with Crippen LogP contribution in [-0.4, -0.2) is 35.5 Å². The summed E-state index contributed by atoms with van der Waals surface area (Å²) in [5.74, 6) is -2.16. The Balaban J connectivity index is 1.47. The van der Waals surface area contributed by atoms with E-state index in [0.29, 0.717) is 22.5 Å². The number of azo groups is 2. The fourth-order valence-corrected chi connectivity index (χ4v) is 4.92. The molecule has 2 atom stereocenters. The molecular weight excluding hydrogens is 639 g/mol. The van der Waals surface area contributed by atoms with Crippen molar-refractivity contribution in [3.8, 4) is 11.1 Å². The van der Waals surface area contributed by atoms with Crippen LogP contribution in [0.3, 0.4) is 0 Å². The van der Waals surface area contributed by atoms with Crippen molar-refractivity contribution in [2.45, 2.75) is 46.7 Å². The molecule has 2 unspecified atom stereocenters. The highest BCUT2D eigenvalue weighted by molar-refractivity contribution is 6.34. The molecule has 0 radical (unpaired) electrons. The number of hydrogen-bond donors (Lipinski definition) is 2. The third-order valence-electron chi connectivity index (χ3n) is 7.10. The lowest BCUT2D eigenvalue weighted by atomic mass is 10.0. The van der Waals surface area contributed by atoms with Gasteiger partial charge in [0.1, 0.15) is 11.4 Å². The molecule has 2 N–H and O–H groups in total. The lowest BCUT2D eigenvalue weighted by Crippen LogP contribution is -2.32. The maximum Gasteiger partial charge on any atom is 0.258 e. The Morgan fingerprint density at radius 2 is 1.06 bits per heavy atom. The van der Waals surface area contributed by atoms with Crippen LogP contribution in [0.5, 0.6) is 0 Å². The lowest BCUT2D eigenvalue weighted by Gasteiger charge is -2.12. The summed E-state index contributed by atoms with van der Waals surface area (Å²) in [5, 5.41) is 22.1. The first-order valence-electron chi connectivity index (χ1n) is 14.5. The van der Waals surface area contributed by atoms with Crippen LogP contribution in [0.4, 0.5) is 22.7 Å². The molecule has 0 saturated heterocycles. The van der Waals surface area contributed by atoms with Crippen LogP contribution in [0.1, 0.15) is 30.5 Å². The van der Waals surface area contributed by atoms with E-state index >= 15 is 0 Å². The fraction of sp³-hybridized carbons (Fsp3) is 0.200. The number of carbonyl (C=O) groups is 4. The number of halogens is 2. The first-order valence-corrected chi connectivity index (χ1v) is 15.3. The Morgan fingerprint density at radius 3 is 1.49 bits per heavy atom. The summed E-state index contributed by atoms with van der Waals surface area (Å²) >= 11 is 13.0. The molecule has 4 rings (SSSR count). The van der Waals surface area contributed by atoms with Gasteiger partial charge in [-0.2, -0.15) is 20.5 Å². The Morgan fingerprint density at radius 1 is 0.596 bits per heavy atom. The van der Waals surface area contributed by atoms with E-state index in [9.17, 15) is 19.2 Å². The number of nitrogens with zero attached hydrogens (tertiary/aromatic N) is 4. The summed E-state index contributed by atoms with van der Waals surface area (Å²) in [7, 11) is 0. The van der Waals surface area contributed by atoms with Crippen molar-refractivity contribution in [3.63, 3.8) is 0 Å². The molecule has 0 saturated carbocycles. The van der Waals surface area contributed by atoms with E-state index in [-0.39, 0.29) is 21.4 Å². The molecule has 0 aliphatic heterocycles. The topological polar surface area (TPSA) is 142 Å². The highest BCUT2D eigenvalue weighted by Gasteiger charge is 2.25. The molecule has 47 heavy (non-hydrogen) atoms. The van der Waals surface area contributed by atoms with Crippen molar-refractivity contribution in [1.29, 1.82) is 0 Å². The van der Waals surface area contributed by atoms with E-state index in [4.69, 9.17) is 23.2 Å². The summed E-state index contributed by atoms with van der Waals surface area (Å²) in [6.45, 7) is 8.17. The lowest BCUT2D eigenvalue weighted by molar-refractivity contribution is -0.127. The molecule has 4 aromatic rings. The van der Waals surface area contributed by atoms with Gasteiger partial charge in [0, 0.05) is 11.4 Å². The van der Waals surface area contributed by atoms with Crippen LogP contribution >= 0.6 is 23.2 Å². The molecular formula is C35H32Cl2N6O4. The number of anilines is 2. The van der Waals surface area contributed by atoms with Gasteiger partial charge >= 0.3 is 0 Å². The molecule has 0 aliphatic rings. The van der Waals surface area contributed by atoms with Crippen molar-refractivity contribution < 1.29 is 19.2 Å². The summed E-state index contributed by atoms with van der Waals surface area (Å²) in [5.41, 5.74) is 5.79.